The number of para-hydroxylation sites is 1. The number of rotatable bonds is 10. The number of nitrogens with one attached hydrogen (secondary N) is 1. The number of benzene rings is 1. The lowest BCUT2D eigenvalue weighted by Gasteiger charge is -2.32. The molecule has 25 heavy (non-hydrogen) atoms. The molecule has 0 heterocycles. The molecule has 0 bridgehead atoms. The summed E-state index contributed by atoms with van der Waals surface area (Å²) in [5.74, 6) is -1.72. The number of likely N-dealkylation sites (N-methyl/N-ethyl adjacent to an activating group) is 1. The van der Waals surface area contributed by atoms with Crippen LogP contribution in [-0.2, 0) is 14.4 Å². The Morgan fingerprint density at radius 2 is 1.76 bits per heavy atom. The number of ketones is 1. The zero-order valence-electron chi connectivity index (χ0n) is 15.4. The van der Waals surface area contributed by atoms with Crippen LogP contribution in [0, 0.1) is 11.8 Å². The van der Waals surface area contributed by atoms with Gasteiger partial charge in [-0.1, -0.05) is 39.0 Å². The summed E-state index contributed by atoms with van der Waals surface area (Å²) < 4.78 is 0. The molecule has 0 spiro atoms. The summed E-state index contributed by atoms with van der Waals surface area (Å²) in [4.78, 5) is 37.6. The van der Waals surface area contributed by atoms with E-state index < -0.39 is 17.9 Å². The van der Waals surface area contributed by atoms with Crippen LogP contribution in [0.2, 0.25) is 0 Å². The quantitative estimate of drug-likeness (QED) is 0.679. The topological polar surface area (TPSA) is 86.7 Å². The smallest absolute Gasteiger partial charge is 0.305 e. The lowest BCUT2D eigenvalue weighted by Crippen LogP contribution is -2.49. The molecule has 1 unspecified atom stereocenters. The van der Waals surface area contributed by atoms with Crippen molar-refractivity contribution in [3.8, 4) is 0 Å². The molecule has 0 aliphatic carbocycles. The summed E-state index contributed by atoms with van der Waals surface area (Å²) in [6.07, 6.45) is 0.219. The second kappa shape index (κ2) is 9.81. The Bertz CT molecular complexity index is 586. The first-order valence-electron chi connectivity index (χ1n) is 8.59. The van der Waals surface area contributed by atoms with Crippen molar-refractivity contribution in [3.05, 3.63) is 30.3 Å². The number of hydrogen-bond acceptors (Lipinski definition) is 4. The van der Waals surface area contributed by atoms with E-state index in [1.54, 1.807) is 14.0 Å². The van der Waals surface area contributed by atoms with E-state index in [1.165, 1.54) is 4.90 Å². The highest BCUT2D eigenvalue weighted by Crippen LogP contribution is 2.23. The Morgan fingerprint density at radius 3 is 2.24 bits per heavy atom. The van der Waals surface area contributed by atoms with E-state index in [1.807, 2.05) is 44.2 Å². The predicted molar refractivity (Wildman–Crippen MR) is 97.4 cm³/mol. The number of amides is 1. The molecule has 1 rings (SSSR count). The van der Waals surface area contributed by atoms with Crippen LogP contribution in [0.4, 0.5) is 5.69 Å². The minimum absolute atomic E-state index is 0.0171. The van der Waals surface area contributed by atoms with Gasteiger partial charge >= 0.3 is 5.97 Å². The number of Topliss-reactive ketones (excluding diaryl/α,β-unsaturated/α-hetero) is 1. The van der Waals surface area contributed by atoms with Crippen LogP contribution in [0.3, 0.4) is 0 Å². The predicted octanol–water partition coefficient (Wildman–Crippen LogP) is 2.65. The molecule has 0 aliphatic rings. The number of carboxylic acids is 1. The number of hydrogen-bond donors (Lipinski definition) is 2. The number of carbonyl (C=O) groups is 3. The van der Waals surface area contributed by atoms with Crippen LogP contribution in [0.5, 0.6) is 0 Å². The van der Waals surface area contributed by atoms with Crippen LogP contribution >= 0.6 is 0 Å². The van der Waals surface area contributed by atoms with E-state index in [9.17, 15) is 14.4 Å². The second-order valence-electron chi connectivity index (χ2n) is 6.48. The lowest BCUT2D eigenvalue weighted by molar-refractivity contribution is -0.140. The second-order valence-corrected chi connectivity index (χ2v) is 6.48. The molecule has 0 saturated heterocycles. The summed E-state index contributed by atoms with van der Waals surface area (Å²) in [6, 6.07) is 8.52. The molecule has 0 aromatic heterocycles. The molecule has 1 aromatic rings. The maximum Gasteiger partial charge on any atom is 0.305 e. The fourth-order valence-corrected chi connectivity index (χ4v) is 2.81. The molecule has 2 N–H and O–H groups in total. The highest BCUT2D eigenvalue weighted by Gasteiger charge is 2.36. The van der Waals surface area contributed by atoms with Gasteiger partial charge in [0.25, 0.3) is 0 Å². The highest BCUT2D eigenvalue weighted by atomic mass is 16.4. The van der Waals surface area contributed by atoms with Crippen molar-refractivity contribution in [2.75, 3.05) is 18.9 Å². The van der Waals surface area contributed by atoms with Crippen molar-refractivity contribution >= 4 is 23.3 Å². The molecule has 6 nitrogen and oxygen atoms in total. The largest absolute Gasteiger partial charge is 0.481 e. The van der Waals surface area contributed by atoms with Crippen molar-refractivity contribution in [1.29, 1.82) is 0 Å². The zero-order chi connectivity index (χ0) is 19.0. The van der Waals surface area contributed by atoms with E-state index in [0.29, 0.717) is 6.42 Å². The first-order chi connectivity index (χ1) is 11.8. The van der Waals surface area contributed by atoms with Gasteiger partial charge < -0.3 is 15.3 Å². The number of anilines is 1. The van der Waals surface area contributed by atoms with Gasteiger partial charge in [0.05, 0.1) is 6.42 Å². The molecular formula is C19H28N2O4. The summed E-state index contributed by atoms with van der Waals surface area (Å²) in [5.41, 5.74) is 0.752. The maximum atomic E-state index is 12.9. The van der Waals surface area contributed by atoms with Crippen LogP contribution < -0.4 is 5.32 Å². The van der Waals surface area contributed by atoms with E-state index in [-0.39, 0.29) is 30.6 Å². The molecule has 0 saturated carbocycles. The summed E-state index contributed by atoms with van der Waals surface area (Å²) in [6.45, 7) is 5.73. The lowest BCUT2D eigenvalue weighted by atomic mass is 9.83. The first-order valence-corrected chi connectivity index (χ1v) is 8.59. The van der Waals surface area contributed by atoms with Crippen molar-refractivity contribution in [2.24, 2.45) is 11.8 Å². The maximum absolute atomic E-state index is 12.9. The molecule has 0 fully saturated rings. The van der Waals surface area contributed by atoms with Crippen LogP contribution in [0.25, 0.3) is 0 Å². The fourth-order valence-electron chi connectivity index (χ4n) is 2.81. The van der Waals surface area contributed by atoms with Gasteiger partial charge in [-0.3, -0.25) is 14.4 Å². The minimum atomic E-state index is -0.961. The Balaban J connectivity index is 3.10. The van der Waals surface area contributed by atoms with Crippen LogP contribution in [-0.4, -0.2) is 47.3 Å². The summed E-state index contributed by atoms with van der Waals surface area (Å²) in [5, 5.41) is 12.0. The molecule has 6 heteroatoms. The van der Waals surface area contributed by atoms with E-state index in [0.717, 1.165) is 5.69 Å². The number of carbonyl (C=O) groups excluding carboxylic acids is 2. The third-order valence-corrected chi connectivity index (χ3v) is 4.20. The minimum Gasteiger partial charge on any atom is -0.481 e. The zero-order valence-corrected chi connectivity index (χ0v) is 15.4. The Kier molecular flexibility index (Phi) is 8.11. The van der Waals surface area contributed by atoms with Gasteiger partial charge in [0.2, 0.25) is 5.91 Å². The van der Waals surface area contributed by atoms with Gasteiger partial charge in [-0.15, -0.1) is 0 Å². The molecule has 0 radical (unpaired) electrons. The van der Waals surface area contributed by atoms with Gasteiger partial charge in [-0.2, -0.15) is 0 Å². The number of aliphatic carboxylic acids is 1. The van der Waals surface area contributed by atoms with Gasteiger partial charge in [0.1, 0.15) is 11.8 Å². The van der Waals surface area contributed by atoms with Crippen molar-refractivity contribution in [2.45, 2.75) is 39.7 Å². The molecule has 2 atom stereocenters. The average molecular weight is 348 g/mol. The number of carboxylic acid groups (broad SMARTS) is 1. The van der Waals surface area contributed by atoms with Gasteiger partial charge in [0.15, 0.2) is 0 Å². The van der Waals surface area contributed by atoms with Crippen LogP contribution in [0.15, 0.2) is 30.3 Å². The van der Waals surface area contributed by atoms with Crippen molar-refractivity contribution < 1.29 is 19.5 Å². The first kappa shape index (κ1) is 20.7. The highest BCUT2D eigenvalue weighted by molar-refractivity contribution is 5.93. The molecule has 0 aliphatic heterocycles. The molecule has 1 amide bonds. The van der Waals surface area contributed by atoms with Crippen molar-refractivity contribution in [1.82, 2.24) is 4.90 Å². The normalized spacial score (nSPS) is 13.2. The Hall–Kier alpha value is -2.37. The Morgan fingerprint density at radius 1 is 1.16 bits per heavy atom. The van der Waals surface area contributed by atoms with Gasteiger partial charge in [-0.25, -0.2) is 0 Å². The third-order valence-electron chi connectivity index (χ3n) is 4.20. The van der Waals surface area contributed by atoms with E-state index in [2.05, 4.69) is 5.32 Å². The summed E-state index contributed by atoms with van der Waals surface area (Å²) >= 11 is 0. The van der Waals surface area contributed by atoms with Gasteiger partial charge in [0, 0.05) is 31.6 Å². The number of nitrogens with zero attached hydrogens (tertiary/aromatic N) is 1. The molecule has 138 valence electrons. The van der Waals surface area contributed by atoms with E-state index >= 15 is 0 Å². The standard InChI is InChI=1S/C19H28N2O4/c1-5-15(22)17(13(2)3)18(20-14-9-7-6-8-10-14)19(25)21(4)12-11-16(23)24/h6-10,13,17-18,20H,5,11-12H2,1-4H3,(H,23,24)/t17?,18-/m0/s1. The SMILES string of the molecule is CCC(=O)C(C(C)C)[C@H](Nc1ccccc1)C(=O)N(C)CCC(=O)O. The Labute approximate surface area is 149 Å². The summed E-state index contributed by atoms with van der Waals surface area (Å²) in [7, 11) is 1.57. The van der Waals surface area contributed by atoms with Crippen molar-refractivity contribution in [3.63, 3.8) is 0 Å². The molecule has 1 aromatic carbocycles. The molecular weight excluding hydrogens is 320 g/mol. The third kappa shape index (κ3) is 6.21. The average Bonchev–Trinajstić information content (AvgIpc) is 2.58. The fraction of sp³-hybridized carbons (Fsp3) is 0.526. The van der Waals surface area contributed by atoms with Gasteiger partial charge in [-0.05, 0) is 18.1 Å². The van der Waals surface area contributed by atoms with E-state index in [4.69, 9.17) is 5.11 Å². The van der Waals surface area contributed by atoms with Crippen LogP contribution in [0.1, 0.15) is 33.6 Å². The monoisotopic (exact) mass is 348 g/mol.